The Labute approximate surface area is 151 Å². The molecule has 3 rings (SSSR count). The molecule has 2 aliphatic rings. The Kier molecular flexibility index (Phi) is 5.12. The number of halogens is 3. The first kappa shape index (κ1) is 18.6. The smallest absolute Gasteiger partial charge is 0.344 e. The summed E-state index contributed by atoms with van der Waals surface area (Å²) in [6.07, 6.45) is -3.77. The third-order valence-corrected chi connectivity index (χ3v) is 5.25. The minimum Gasteiger partial charge on any atom is -0.344 e. The fourth-order valence-corrected chi connectivity index (χ4v) is 4.01. The Hall–Kier alpha value is -2.23. The number of rotatable bonds is 3. The number of benzene rings is 1. The summed E-state index contributed by atoms with van der Waals surface area (Å²) in [4.78, 5) is 37.7. The predicted molar refractivity (Wildman–Crippen MR) is 89.2 cm³/mol. The Morgan fingerprint density at radius 2 is 1.92 bits per heavy atom. The van der Waals surface area contributed by atoms with E-state index in [4.69, 9.17) is 0 Å². The summed E-state index contributed by atoms with van der Waals surface area (Å²) in [6.45, 7) is 0. The van der Waals surface area contributed by atoms with Gasteiger partial charge in [0.1, 0.15) is 12.1 Å². The zero-order valence-electron chi connectivity index (χ0n) is 13.5. The fraction of sp³-hybridized carbons (Fsp3) is 0.438. The molecule has 0 unspecified atom stereocenters. The van der Waals surface area contributed by atoms with Gasteiger partial charge in [0.15, 0.2) is 0 Å². The summed E-state index contributed by atoms with van der Waals surface area (Å²) in [5, 5.41) is 5.13. The molecule has 0 saturated carbocycles. The van der Waals surface area contributed by atoms with Crippen LogP contribution in [0.25, 0.3) is 0 Å². The number of thioether (sulfide) groups is 1. The molecule has 3 amide bonds. The van der Waals surface area contributed by atoms with Crippen molar-refractivity contribution < 1.29 is 27.6 Å². The van der Waals surface area contributed by atoms with Crippen LogP contribution < -0.4 is 10.6 Å². The lowest BCUT2D eigenvalue weighted by molar-refractivity contribution is -0.138. The largest absolute Gasteiger partial charge is 0.416 e. The number of amides is 3. The average Bonchev–Trinajstić information content (AvgIpc) is 3.23. The van der Waals surface area contributed by atoms with Gasteiger partial charge in [0, 0.05) is 17.9 Å². The lowest BCUT2D eigenvalue weighted by atomic mass is 10.1. The molecule has 10 heteroatoms. The van der Waals surface area contributed by atoms with Crippen molar-refractivity contribution >= 4 is 35.2 Å². The van der Waals surface area contributed by atoms with Gasteiger partial charge in [0.2, 0.25) is 17.7 Å². The first-order chi connectivity index (χ1) is 12.3. The molecule has 2 fully saturated rings. The van der Waals surface area contributed by atoms with E-state index in [9.17, 15) is 27.6 Å². The zero-order valence-corrected chi connectivity index (χ0v) is 14.3. The number of alkyl halides is 3. The number of anilines is 1. The highest BCUT2D eigenvalue weighted by molar-refractivity contribution is 7.99. The topological polar surface area (TPSA) is 78.5 Å². The number of hydrogen-bond acceptors (Lipinski definition) is 4. The van der Waals surface area contributed by atoms with Crippen molar-refractivity contribution in [3.8, 4) is 0 Å². The van der Waals surface area contributed by atoms with Crippen LogP contribution in [0, 0.1) is 0 Å². The highest BCUT2D eigenvalue weighted by Gasteiger charge is 2.39. The van der Waals surface area contributed by atoms with Crippen molar-refractivity contribution in [2.45, 2.75) is 31.1 Å². The monoisotopic (exact) mass is 387 g/mol. The Morgan fingerprint density at radius 3 is 2.50 bits per heavy atom. The third-order valence-electron chi connectivity index (χ3n) is 4.24. The number of carbonyl (C=O) groups is 3. The van der Waals surface area contributed by atoms with Crippen LogP contribution in [0.1, 0.15) is 18.4 Å². The van der Waals surface area contributed by atoms with E-state index >= 15 is 0 Å². The van der Waals surface area contributed by atoms with Gasteiger partial charge in [-0.15, -0.1) is 11.8 Å². The number of nitrogens with zero attached hydrogens (tertiary/aromatic N) is 1. The molecule has 2 aliphatic heterocycles. The second-order valence-electron chi connectivity index (χ2n) is 6.05. The lowest BCUT2D eigenvalue weighted by Gasteiger charge is -2.25. The minimum atomic E-state index is -4.44. The molecule has 0 aliphatic carbocycles. The Balaban J connectivity index is 1.65. The summed E-state index contributed by atoms with van der Waals surface area (Å²) in [5.41, 5.74) is -0.581. The van der Waals surface area contributed by atoms with E-state index in [0.29, 0.717) is 18.1 Å². The molecule has 6 nitrogen and oxygen atoms in total. The van der Waals surface area contributed by atoms with Gasteiger partial charge in [-0.1, -0.05) is 0 Å². The van der Waals surface area contributed by atoms with E-state index < -0.39 is 29.7 Å². The highest BCUT2D eigenvalue weighted by atomic mass is 32.2. The normalized spacial score (nSPS) is 23.0. The molecule has 0 bridgehead atoms. The van der Waals surface area contributed by atoms with Gasteiger partial charge < -0.3 is 15.5 Å². The summed E-state index contributed by atoms with van der Waals surface area (Å²) in [6, 6.07) is 2.76. The average molecular weight is 387 g/mol. The van der Waals surface area contributed by atoms with E-state index in [-0.39, 0.29) is 23.9 Å². The highest BCUT2D eigenvalue weighted by Crippen LogP contribution is 2.30. The van der Waals surface area contributed by atoms with E-state index in [1.807, 2.05) is 0 Å². The first-order valence-electron chi connectivity index (χ1n) is 7.91. The molecule has 1 aromatic rings. The first-order valence-corrected chi connectivity index (χ1v) is 9.07. The van der Waals surface area contributed by atoms with Crippen molar-refractivity contribution in [1.29, 1.82) is 0 Å². The van der Waals surface area contributed by atoms with Gasteiger partial charge in [-0.25, -0.2) is 0 Å². The zero-order chi connectivity index (χ0) is 18.9. The van der Waals surface area contributed by atoms with Crippen molar-refractivity contribution in [3.05, 3.63) is 29.8 Å². The molecule has 140 valence electrons. The van der Waals surface area contributed by atoms with Gasteiger partial charge in [0.05, 0.1) is 11.4 Å². The van der Waals surface area contributed by atoms with E-state index in [1.54, 1.807) is 0 Å². The van der Waals surface area contributed by atoms with Crippen LogP contribution in [-0.2, 0) is 20.6 Å². The second-order valence-corrected chi connectivity index (χ2v) is 7.05. The predicted octanol–water partition coefficient (Wildman–Crippen LogP) is 1.82. The Morgan fingerprint density at radius 1 is 1.23 bits per heavy atom. The molecule has 0 radical (unpaired) electrons. The van der Waals surface area contributed by atoms with Crippen molar-refractivity contribution in [2.75, 3.05) is 16.9 Å². The maximum atomic E-state index is 12.6. The maximum absolute atomic E-state index is 12.6. The van der Waals surface area contributed by atoms with Gasteiger partial charge in [-0.05, 0) is 30.7 Å². The molecule has 1 aromatic carbocycles. The van der Waals surface area contributed by atoms with Crippen LogP contribution in [0.5, 0.6) is 0 Å². The molecule has 2 saturated heterocycles. The Bertz CT molecular complexity index is 724. The van der Waals surface area contributed by atoms with Crippen LogP contribution >= 0.6 is 11.8 Å². The van der Waals surface area contributed by atoms with Gasteiger partial charge in [-0.2, -0.15) is 13.2 Å². The van der Waals surface area contributed by atoms with Crippen LogP contribution in [0.2, 0.25) is 0 Å². The second kappa shape index (κ2) is 7.18. The molecular weight excluding hydrogens is 371 g/mol. The number of hydrogen-bond donors (Lipinski definition) is 2. The van der Waals surface area contributed by atoms with E-state index in [2.05, 4.69) is 10.6 Å². The standard InChI is InChI=1S/C16H16F3N3O3S/c17-16(18,19)9-1-3-10(4-2-9)20-14(24)12-7-26-8-22(12)15(25)11-5-6-13(23)21-11/h1-4,11-12H,5-8H2,(H,20,24)(H,21,23)/t11-,12+/m0/s1. The molecule has 0 spiro atoms. The number of nitrogens with one attached hydrogen (secondary N) is 2. The fourth-order valence-electron chi connectivity index (χ4n) is 2.84. The lowest BCUT2D eigenvalue weighted by Crippen LogP contribution is -2.50. The molecule has 2 N–H and O–H groups in total. The van der Waals surface area contributed by atoms with Crippen LogP contribution in [0.15, 0.2) is 24.3 Å². The SMILES string of the molecule is O=C1CC[C@@H](C(=O)N2CSC[C@@H]2C(=O)Nc2ccc(C(F)(F)F)cc2)N1. The molecule has 26 heavy (non-hydrogen) atoms. The summed E-state index contributed by atoms with van der Waals surface area (Å²) < 4.78 is 37.7. The molecule has 2 atom stereocenters. The van der Waals surface area contributed by atoms with Gasteiger partial charge in [0.25, 0.3) is 0 Å². The number of carbonyl (C=O) groups excluding carboxylic acids is 3. The van der Waals surface area contributed by atoms with Crippen LogP contribution in [-0.4, -0.2) is 46.3 Å². The summed E-state index contributed by atoms with van der Waals surface area (Å²) in [5.74, 6) is -0.253. The molecule has 0 aromatic heterocycles. The summed E-state index contributed by atoms with van der Waals surface area (Å²) in [7, 11) is 0. The van der Waals surface area contributed by atoms with Gasteiger partial charge >= 0.3 is 6.18 Å². The summed E-state index contributed by atoms with van der Waals surface area (Å²) >= 11 is 1.41. The van der Waals surface area contributed by atoms with Crippen LogP contribution in [0.3, 0.4) is 0 Å². The van der Waals surface area contributed by atoms with Crippen molar-refractivity contribution in [2.24, 2.45) is 0 Å². The third kappa shape index (κ3) is 3.95. The minimum absolute atomic E-state index is 0.194. The quantitative estimate of drug-likeness (QED) is 0.830. The molecule has 2 heterocycles. The maximum Gasteiger partial charge on any atom is 0.416 e. The van der Waals surface area contributed by atoms with E-state index in [0.717, 1.165) is 12.1 Å². The van der Waals surface area contributed by atoms with Crippen molar-refractivity contribution in [3.63, 3.8) is 0 Å². The van der Waals surface area contributed by atoms with Crippen molar-refractivity contribution in [1.82, 2.24) is 10.2 Å². The van der Waals surface area contributed by atoms with Crippen LogP contribution in [0.4, 0.5) is 18.9 Å². The van der Waals surface area contributed by atoms with E-state index in [1.165, 1.54) is 28.8 Å². The van der Waals surface area contributed by atoms with Gasteiger partial charge in [-0.3, -0.25) is 14.4 Å². The molecular formula is C16H16F3N3O3S.